The van der Waals surface area contributed by atoms with Crippen LogP contribution < -0.4 is 4.74 Å². The van der Waals surface area contributed by atoms with Gasteiger partial charge in [-0.2, -0.15) is 4.98 Å². The maximum Gasteiger partial charge on any atom is 0.335 e. The number of nitrogens with zero attached hydrogens (tertiary/aromatic N) is 2. The van der Waals surface area contributed by atoms with Gasteiger partial charge in [-0.15, -0.1) is 0 Å². The maximum atomic E-state index is 11.0. The van der Waals surface area contributed by atoms with Gasteiger partial charge in [0.05, 0.1) is 5.56 Å². The van der Waals surface area contributed by atoms with Gasteiger partial charge in [-0.1, -0.05) is 12.1 Å². The van der Waals surface area contributed by atoms with E-state index in [1.807, 2.05) is 20.8 Å². The first kappa shape index (κ1) is 14.0. The van der Waals surface area contributed by atoms with Crippen LogP contribution in [0.25, 0.3) is 0 Å². The van der Waals surface area contributed by atoms with E-state index in [4.69, 9.17) is 14.4 Å². The average Bonchev–Trinajstić information content (AvgIpc) is 2.85. The Morgan fingerprint density at radius 2 is 2.00 bits per heavy atom. The van der Waals surface area contributed by atoms with Gasteiger partial charge in [0.15, 0.2) is 6.61 Å². The van der Waals surface area contributed by atoms with Gasteiger partial charge in [0.2, 0.25) is 11.7 Å². The highest BCUT2D eigenvalue weighted by molar-refractivity contribution is 5.88. The lowest BCUT2D eigenvalue weighted by Crippen LogP contribution is -2.03. The zero-order chi connectivity index (χ0) is 14.7. The van der Waals surface area contributed by atoms with Gasteiger partial charge < -0.3 is 14.4 Å². The molecule has 1 aromatic carbocycles. The van der Waals surface area contributed by atoms with E-state index in [0.717, 1.165) is 11.1 Å². The molecule has 0 unspecified atom stereocenters. The van der Waals surface area contributed by atoms with E-state index >= 15 is 0 Å². The Labute approximate surface area is 116 Å². The Morgan fingerprint density at radius 1 is 1.35 bits per heavy atom. The summed E-state index contributed by atoms with van der Waals surface area (Å²) < 4.78 is 10.7. The molecule has 0 bridgehead atoms. The van der Waals surface area contributed by atoms with Crippen LogP contribution >= 0.6 is 0 Å². The molecule has 0 atom stereocenters. The van der Waals surface area contributed by atoms with Crippen molar-refractivity contribution in [1.82, 2.24) is 10.1 Å². The van der Waals surface area contributed by atoms with E-state index in [-0.39, 0.29) is 12.2 Å². The van der Waals surface area contributed by atoms with Crippen LogP contribution in [-0.4, -0.2) is 21.2 Å². The Balaban J connectivity index is 2.15. The van der Waals surface area contributed by atoms with Gasteiger partial charge in [0, 0.05) is 6.42 Å². The second-order valence-corrected chi connectivity index (χ2v) is 4.49. The van der Waals surface area contributed by atoms with Crippen LogP contribution in [-0.2, 0) is 13.0 Å². The van der Waals surface area contributed by atoms with E-state index in [0.29, 0.717) is 23.9 Å². The number of aromatic nitrogens is 2. The van der Waals surface area contributed by atoms with Crippen LogP contribution in [0, 0.1) is 13.8 Å². The average molecular weight is 276 g/mol. The molecule has 0 saturated carbocycles. The second kappa shape index (κ2) is 5.73. The molecule has 0 fully saturated rings. The highest BCUT2D eigenvalue weighted by atomic mass is 16.5. The Hall–Kier alpha value is -2.37. The molecule has 0 radical (unpaired) electrons. The SMILES string of the molecule is CCc1nc(COc2c(C)cc(C(=O)O)cc2C)no1. The number of rotatable bonds is 5. The predicted molar refractivity (Wildman–Crippen MR) is 70.9 cm³/mol. The molecule has 2 aromatic rings. The molecule has 1 heterocycles. The summed E-state index contributed by atoms with van der Waals surface area (Å²) in [5, 5.41) is 12.8. The second-order valence-electron chi connectivity index (χ2n) is 4.49. The highest BCUT2D eigenvalue weighted by Gasteiger charge is 2.12. The zero-order valence-corrected chi connectivity index (χ0v) is 11.6. The summed E-state index contributed by atoms with van der Waals surface area (Å²) >= 11 is 0. The molecule has 1 aromatic heterocycles. The fourth-order valence-electron chi connectivity index (χ4n) is 1.93. The molecular formula is C14H16N2O4. The van der Waals surface area contributed by atoms with E-state index in [1.54, 1.807) is 12.1 Å². The Kier molecular flexibility index (Phi) is 4.02. The van der Waals surface area contributed by atoms with Crippen molar-refractivity contribution in [3.8, 4) is 5.75 Å². The minimum atomic E-state index is -0.950. The lowest BCUT2D eigenvalue weighted by molar-refractivity contribution is 0.0696. The summed E-state index contributed by atoms with van der Waals surface area (Å²) in [6, 6.07) is 3.16. The number of carbonyl (C=O) groups is 1. The largest absolute Gasteiger partial charge is 0.485 e. The molecule has 0 spiro atoms. The van der Waals surface area contributed by atoms with E-state index < -0.39 is 5.97 Å². The van der Waals surface area contributed by atoms with Crippen LogP contribution in [0.1, 0.15) is 40.1 Å². The van der Waals surface area contributed by atoms with Gasteiger partial charge in [-0.25, -0.2) is 4.79 Å². The summed E-state index contributed by atoms with van der Waals surface area (Å²) in [5.41, 5.74) is 1.78. The van der Waals surface area contributed by atoms with Gasteiger partial charge in [0.1, 0.15) is 5.75 Å². The van der Waals surface area contributed by atoms with E-state index in [1.165, 1.54) is 0 Å². The van der Waals surface area contributed by atoms with Crippen molar-refractivity contribution in [2.45, 2.75) is 33.8 Å². The number of aromatic carboxylic acids is 1. The molecule has 6 nitrogen and oxygen atoms in total. The first-order valence-corrected chi connectivity index (χ1v) is 6.30. The number of carboxylic acids is 1. The van der Waals surface area contributed by atoms with Crippen LogP contribution in [0.5, 0.6) is 5.75 Å². The standard InChI is InChI=1S/C14H16N2O4/c1-4-12-15-11(16-20-12)7-19-13-8(2)5-10(14(17)18)6-9(13)3/h5-6H,4,7H2,1-3H3,(H,17,18). The number of hydrogen-bond acceptors (Lipinski definition) is 5. The smallest absolute Gasteiger partial charge is 0.335 e. The Morgan fingerprint density at radius 3 is 2.50 bits per heavy atom. The van der Waals surface area contributed by atoms with Crippen LogP contribution in [0.15, 0.2) is 16.7 Å². The molecule has 0 saturated heterocycles. The number of aryl methyl sites for hydroxylation is 3. The fourth-order valence-corrected chi connectivity index (χ4v) is 1.93. The number of hydrogen-bond donors (Lipinski definition) is 1. The quantitative estimate of drug-likeness (QED) is 0.903. The molecule has 106 valence electrons. The van der Waals surface area contributed by atoms with Crippen molar-refractivity contribution < 1.29 is 19.2 Å². The third-order valence-electron chi connectivity index (χ3n) is 2.87. The molecule has 0 aliphatic carbocycles. The van der Waals surface area contributed by atoms with Crippen molar-refractivity contribution in [2.75, 3.05) is 0 Å². The normalized spacial score (nSPS) is 10.6. The summed E-state index contributed by atoms with van der Waals surface area (Å²) in [5.74, 6) is 0.743. The lowest BCUT2D eigenvalue weighted by Gasteiger charge is -2.11. The monoisotopic (exact) mass is 276 g/mol. The van der Waals surface area contributed by atoms with Crippen molar-refractivity contribution in [3.63, 3.8) is 0 Å². The predicted octanol–water partition coefficient (Wildman–Crippen LogP) is 2.53. The molecular weight excluding hydrogens is 260 g/mol. The number of benzene rings is 1. The first-order valence-electron chi connectivity index (χ1n) is 6.30. The summed E-state index contributed by atoms with van der Waals surface area (Å²) in [6.45, 7) is 5.74. The molecule has 2 rings (SSSR count). The lowest BCUT2D eigenvalue weighted by atomic mass is 10.1. The maximum absolute atomic E-state index is 11.0. The number of carboxylic acid groups (broad SMARTS) is 1. The minimum absolute atomic E-state index is 0.192. The van der Waals surface area contributed by atoms with E-state index in [9.17, 15) is 4.79 Å². The van der Waals surface area contributed by atoms with Gasteiger partial charge in [0.25, 0.3) is 0 Å². The topological polar surface area (TPSA) is 85.5 Å². The fraction of sp³-hybridized carbons (Fsp3) is 0.357. The van der Waals surface area contributed by atoms with Gasteiger partial charge in [-0.05, 0) is 37.1 Å². The van der Waals surface area contributed by atoms with Crippen LogP contribution in [0.4, 0.5) is 0 Å². The minimum Gasteiger partial charge on any atom is -0.485 e. The third-order valence-corrected chi connectivity index (χ3v) is 2.87. The van der Waals surface area contributed by atoms with E-state index in [2.05, 4.69) is 10.1 Å². The van der Waals surface area contributed by atoms with Crippen molar-refractivity contribution in [3.05, 3.63) is 40.5 Å². The first-order chi connectivity index (χ1) is 9.51. The molecule has 1 N–H and O–H groups in total. The Bertz CT molecular complexity index is 611. The molecule has 20 heavy (non-hydrogen) atoms. The zero-order valence-electron chi connectivity index (χ0n) is 11.6. The summed E-state index contributed by atoms with van der Waals surface area (Å²) in [7, 11) is 0. The molecule has 0 aliphatic heterocycles. The highest BCUT2D eigenvalue weighted by Crippen LogP contribution is 2.25. The molecule has 6 heteroatoms. The van der Waals surface area contributed by atoms with Gasteiger partial charge >= 0.3 is 5.97 Å². The summed E-state index contributed by atoms with van der Waals surface area (Å²) in [4.78, 5) is 15.1. The third kappa shape index (κ3) is 2.96. The molecule has 0 amide bonds. The van der Waals surface area contributed by atoms with Crippen LogP contribution in [0.3, 0.4) is 0 Å². The molecule has 0 aliphatic rings. The summed E-state index contributed by atoms with van der Waals surface area (Å²) in [6.07, 6.45) is 0.679. The van der Waals surface area contributed by atoms with Crippen molar-refractivity contribution in [1.29, 1.82) is 0 Å². The van der Waals surface area contributed by atoms with Crippen molar-refractivity contribution in [2.24, 2.45) is 0 Å². The number of ether oxygens (including phenoxy) is 1. The van der Waals surface area contributed by atoms with Crippen molar-refractivity contribution >= 4 is 5.97 Å². The van der Waals surface area contributed by atoms with Gasteiger partial charge in [-0.3, -0.25) is 0 Å². The van der Waals surface area contributed by atoms with Crippen LogP contribution in [0.2, 0.25) is 0 Å².